The Bertz CT molecular complexity index is 953. The van der Waals surface area contributed by atoms with E-state index in [0.29, 0.717) is 12.1 Å². The lowest BCUT2D eigenvalue weighted by Gasteiger charge is -2.10. The van der Waals surface area contributed by atoms with Crippen molar-refractivity contribution in [2.75, 3.05) is 7.11 Å². The predicted octanol–water partition coefficient (Wildman–Crippen LogP) is 1.44. The molecular weight excluding hydrogens is 354 g/mol. The molecule has 1 atom stereocenters. The number of aliphatic imine (C=N–C) groups is 1. The van der Waals surface area contributed by atoms with Crippen molar-refractivity contribution in [3.8, 4) is 5.75 Å². The fourth-order valence-electron chi connectivity index (χ4n) is 2.56. The van der Waals surface area contributed by atoms with Crippen LogP contribution in [-0.2, 0) is 21.4 Å². The molecule has 0 aliphatic carbocycles. The number of nitrogens with zero attached hydrogens (tertiary/aromatic N) is 1. The smallest absolute Gasteiger partial charge is 0.263 e. The Morgan fingerprint density at radius 1 is 1.19 bits per heavy atom. The molecule has 0 unspecified atom stereocenters. The SMILES string of the molecule is COc1ccc(CNC(=O)[C@H](C)N=C2NS(=O)(=O)c3ccccc32)cc1. The number of carbonyl (C=O) groups is 1. The second kappa shape index (κ2) is 7.17. The van der Waals surface area contributed by atoms with Crippen LogP contribution in [0.3, 0.4) is 0 Å². The highest BCUT2D eigenvalue weighted by atomic mass is 32.2. The monoisotopic (exact) mass is 373 g/mol. The van der Waals surface area contributed by atoms with Crippen molar-refractivity contribution < 1.29 is 17.9 Å². The highest BCUT2D eigenvalue weighted by Crippen LogP contribution is 2.22. The van der Waals surface area contributed by atoms with Crippen LogP contribution >= 0.6 is 0 Å². The zero-order valence-electron chi connectivity index (χ0n) is 14.4. The van der Waals surface area contributed by atoms with E-state index >= 15 is 0 Å². The number of amidine groups is 1. The quantitative estimate of drug-likeness (QED) is 0.829. The molecule has 0 saturated carbocycles. The third-order valence-corrected chi connectivity index (χ3v) is 5.39. The van der Waals surface area contributed by atoms with E-state index in [9.17, 15) is 13.2 Å². The number of sulfonamides is 1. The normalized spacial score (nSPS) is 17.2. The van der Waals surface area contributed by atoms with Gasteiger partial charge in [-0.3, -0.25) is 14.5 Å². The number of hydrogen-bond donors (Lipinski definition) is 2. The van der Waals surface area contributed by atoms with E-state index in [2.05, 4.69) is 15.0 Å². The molecule has 1 amide bonds. The molecule has 0 saturated heterocycles. The molecule has 0 bridgehead atoms. The Hall–Kier alpha value is -2.87. The lowest BCUT2D eigenvalue weighted by atomic mass is 10.2. The fraction of sp³-hybridized carbons (Fsp3) is 0.222. The highest BCUT2D eigenvalue weighted by Gasteiger charge is 2.31. The van der Waals surface area contributed by atoms with Gasteiger partial charge >= 0.3 is 0 Å². The van der Waals surface area contributed by atoms with Gasteiger partial charge in [-0.1, -0.05) is 24.3 Å². The van der Waals surface area contributed by atoms with E-state index < -0.39 is 16.1 Å². The number of rotatable bonds is 5. The summed E-state index contributed by atoms with van der Waals surface area (Å²) in [6.45, 7) is 1.96. The number of amides is 1. The summed E-state index contributed by atoms with van der Waals surface area (Å²) in [5, 5.41) is 2.79. The zero-order valence-corrected chi connectivity index (χ0v) is 15.2. The lowest BCUT2D eigenvalue weighted by molar-refractivity contribution is -0.122. The number of fused-ring (bicyclic) bond motifs is 1. The summed E-state index contributed by atoms with van der Waals surface area (Å²) in [4.78, 5) is 16.7. The van der Waals surface area contributed by atoms with E-state index in [4.69, 9.17) is 4.74 Å². The highest BCUT2D eigenvalue weighted by molar-refractivity contribution is 7.90. The first-order valence-electron chi connectivity index (χ1n) is 8.01. The van der Waals surface area contributed by atoms with E-state index in [0.717, 1.165) is 11.3 Å². The summed E-state index contributed by atoms with van der Waals surface area (Å²) >= 11 is 0. The molecule has 2 N–H and O–H groups in total. The predicted molar refractivity (Wildman–Crippen MR) is 97.6 cm³/mol. The Morgan fingerprint density at radius 2 is 1.88 bits per heavy atom. The average Bonchev–Trinajstić information content (AvgIpc) is 2.90. The summed E-state index contributed by atoms with van der Waals surface area (Å²) in [5.74, 6) is 0.636. The van der Waals surface area contributed by atoms with E-state index in [1.165, 1.54) is 6.07 Å². The topological polar surface area (TPSA) is 96.9 Å². The van der Waals surface area contributed by atoms with Gasteiger partial charge in [-0.15, -0.1) is 0 Å². The molecule has 7 nitrogen and oxygen atoms in total. The molecule has 0 radical (unpaired) electrons. The number of methoxy groups -OCH3 is 1. The number of benzene rings is 2. The third-order valence-electron chi connectivity index (χ3n) is 3.99. The van der Waals surface area contributed by atoms with Gasteiger partial charge in [0.2, 0.25) is 5.91 Å². The van der Waals surface area contributed by atoms with Crippen LogP contribution in [-0.4, -0.2) is 33.3 Å². The van der Waals surface area contributed by atoms with Gasteiger partial charge in [0, 0.05) is 12.1 Å². The molecule has 2 aromatic carbocycles. The Kier molecular flexibility index (Phi) is 4.94. The van der Waals surface area contributed by atoms with Crippen molar-refractivity contribution >= 4 is 21.8 Å². The van der Waals surface area contributed by atoms with Gasteiger partial charge < -0.3 is 10.1 Å². The Morgan fingerprint density at radius 3 is 2.58 bits per heavy atom. The van der Waals surface area contributed by atoms with Gasteiger partial charge in [-0.25, -0.2) is 8.42 Å². The summed E-state index contributed by atoms with van der Waals surface area (Å²) in [5.41, 5.74) is 1.40. The van der Waals surface area contributed by atoms with Gasteiger partial charge in [0.25, 0.3) is 10.0 Å². The minimum absolute atomic E-state index is 0.171. The molecule has 26 heavy (non-hydrogen) atoms. The molecule has 1 aliphatic rings. The molecule has 1 heterocycles. The zero-order chi connectivity index (χ0) is 18.7. The van der Waals surface area contributed by atoms with Crippen molar-refractivity contribution in [3.05, 3.63) is 59.7 Å². The van der Waals surface area contributed by atoms with E-state index in [1.807, 2.05) is 24.3 Å². The van der Waals surface area contributed by atoms with Crippen LogP contribution in [0.2, 0.25) is 0 Å². The molecule has 3 rings (SSSR count). The van der Waals surface area contributed by atoms with Crippen molar-refractivity contribution in [2.24, 2.45) is 4.99 Å². The first-order chi connectivity index (χ1) is 12.4. The van der Waals surface area contributed by atoms with Crippen molar-refractivity contribution in [2.45, 2.75) is 24.4 Å². The molecule has 0 spiro atoms. The largest absolute Gasteiger partial charge is 0.497 e. The molecule has 136 valence electrons. The number of ether oxygens (including phenoxy) is 1. The van der Waals surface area contributed by atoms with Crippen LogP contribution in [0.5, 0.6) is 5.75 Å². The number of nitrogens with one attached hydrogen (secondary N) is 2. The van der Waals surface area contributed by atoms with E-state index in [-0.39, 0.29) is 16.6 Å². The summed E-state index contributed by atoms with van der Waals surface area (Å²) < 4.78 is 31.6. The Labute approximate surface area is 152 Å². The maximum atomic E-state index is 12.3. The summed E-state index contributed by atoms with van der Waals surface area (Å²) in [6.07, 6.45) is 0. The van der Waals surface area contributed by atoms with Gasteiger partial charge in [-0.2, -0.15) is 0 Å². The first kappa shape index (κ1) is 17.9. The van der Waals surface area contributed by atoms with Crippen LogP contribution in [0.25, 0.3) is 0 Å². The summed E-state index contributed by atoms with van der Waals surface area (Å²) in [7, 11) is -2.02. The fourth-order valence-corrected chi connectivity index (χ4v) is 3.80. The molecule has 0 fully saturated rings. The molecule has 0 aromatic heterocycles. The lowest BCUT2D eigenvalue weighted by Crippen LogP contribution is -2.33. The second-order valence-electron chi connectivity index (χ2n) is 5.82. The van der Waals surface area contributed by atoms with Crippen molar-refractivity contribution in [1.82, 2.24) is 10.0 Å². The van der Waals surface area contributed by atoms with Crippen molar-refractivity contribution in [3.63, 3.8) is 0 Å². The van der Waals surface area contributed by atoms with Crippen molar-refractivity contribution in [1.29, 1.82) is 0 Å². The minimum atomic E-state index is -3.61. The molecular formula is C18H19N3O4S. The summed E-state index contributed by atoms with van der Waals surface area (Å²) in [6, 6.07) is 13.1. The van der Waals surface area contributed by atoms with Crippen LogP contribution in [0.15, 0.2) is 58.4 Å². The standard InChI is InChI=1S/C18H19N3O4S/c1-12(18(22)19-11-13-7-9-14(25-2)10-8-13)20-17-15-5-3-4-6-16(15)26(23,24)21-17/h3-10,12H,11H2,1-2H3,(H,19,22)(H,20,21)/t12-/m0/s1. The maximum absolute atomic E-state index is 12.3. The molecule has 2 aromatic rings. The van der Waals surface area contributed by atoms with Crippen LogP contribution in [0.1, 0.15) is 18.1 Å². The molecule has 8 heteroatoms. The number of carbonyl (C=O) groups excluding carboxylic acids is 1. The van der Waals surface area contributed by atoms with E-state index in [1.54, 1.807) is 32.2 Å². The molecule has 1 aliphatic heterocycles. The van der Waals surface area contributed by atoms with Crippen LogP contribution in [0.4, 0.5) is 0 Å². The van der Waals surface area contributed by atoms with Gasteiger partial charge in [-0.05, 0) is 36.8 Å². The van der Waals surface area contributed by atoms with Gasteiger partial charge in [0.15, 0.2) is 0 Å². The maximum Gasteiger partial charge on any atom is 0.263 e. The second-order valence-corrected chi connectivity index (χ2v) is 7.47. The van der Waals surface area contributed by atoms with Crippen LogP contribution < -0.4 is 14.8 Å². The minimum Gasteiger partial charge on any atom is -0.497 e. The average molecular weight is 373 g/mol. The first-order valence-corrected chi connectivity index (χ1v) is 9.49. The van der Waals surface area contributed by atoms with Gasteiger partial charge in [0.1, 0.15) is 17.6 Å². The van der Waals surface area contributed by atoms with Gasteiger partial charge in [0.05, 0.1) is 12.0 Å². The number of hydrogen-bond acceptors (Lipinski definition) is 5. The van der Waals surface area contributed by atoms with Crippen LogP contribution in [0, 0.1) is 0 Å². The third kappa shape index (κ3) is 3.70. The Balaban J connectivity index is 1.68.